The van der Waals surface area contributed by atoms with Crippen LogP contribution >= 0.6 is 36.1 Å². The summed E-state index contributed by atoms with van der Waals surface area (Å²) in [6.45, 7) is 5.07. The van der Waals surface area contributed by atoms with Gasteiger partial charge in [0.1, 0.15) is 0 Å². The van der Waals surface area contributed by atoms with Crippen molar-refractivity contribution >= 4 is 40.4 Å². The van der Waals surface area contributed by atoms with E-state index in [1.165, 1.54) is 0 Å². The second kappa shape index (κ2) is 6.27. The molecule has 0 aliphatic rings. The topological polar surface area (TPSA) is 29.3 Å². The average molecular weight is 196 g/mol. The van der Waals surface area contributed by atoms with Gasteiger partial charge in [-0.05, 0) is 30.8 Å². The Balaban J connectivity index is 3.68. The first kappa shape index (κ1) is 10.6. The average Bonchev–Trinajstić information content (AvgIpc) is 1.99. The van der Waals surface area contributed by atoms with Crippen molar-refractivity contribution in [3.63, 3.8) is 0 Å². The molecule has 0 radical (unpaired) electrons. The molecule has 0 aliphatic heterocycles. The number of hydrogen-bond acceptors (Lipinski definition) is 4. The molecule has 2 N–H and O–H groups in total. The molecule has 0 aromatic rings. The van der Waals surface area contributed by atoms with Crippen LogP contribution in [0, 0.1) is 0 Å². The van der Waals surface area contributed by atoms with E-state index in [0.29, 0.717) is 0 Å². The van der Waals surface area contributed by atoms with Crippen LogP contribution in [0.3, 0.4) is 0 Å². The summed E-state index contributed by atoms with van der Waals surface area (Å²) in [5.74, 6) is 1.04. The molecule has 0 unspecified atom stereocenters. The lowest BCUT2D eigenvalue weighted by Gasteiger charge is -2.18. The lowest BCUT2D eigenvalue weighted by molar-refractivity contribution is 0.739. The van der Waals surface area contributed by atoms with Crippen LogP contribution in [0.5, 0.6) is 0 Å². The minimum Gasteiger partial charge on any atom is -0.301 e. The highest BCUT2D eigenvalue weighted by molar-refractivity contribution is 8.22. The van der Waals surface area contributed by atoms with Gasteiger partial charge < -0.3 is 4.31 Å². The molecule has 2 nitrogen and oxygen atoms in total. The molecule has 0 aliphatic carbocycles. The van der Waals surface area contributed by atoms with Gasteiger partial charge in [-0.1, -0.05) is 19.1 Å². The molecule has 0 spiro atoms. The zero-order valence-electron chi connectivity index (χ0n) is 6.16. The third-order valence-corrected chi connectivity index (χ3v) is 3.05. The fourth-order valence-electron chi connectivity index (χ4n) is 0.488. The molecule has 0 rings (SSSR count). The summed E-state index contributed by atoms with van der Waals surface area (Å²) in [6, 6.07) is 0. The minimum absolute atomic E-state index is 0.759. The molecule has 0 bridgehead atoms. The van der Waals surface area contributed by atoms with Gasteiger partial charge >= 0.3 is 0 Å². The molecule has 0 fully saturated rings. The van der Waals surface area contributed by atoms with Crippen LogP contribution in [-0.4, -0.2) is 20.9 Å². The predicted octanol–water partition coefficient (Wildman–Crippen LogP) is 1.87. The smallest absolute Gasteiger partial charge is 0.161 e. The first-order valence-electron chi connectivity index (χ1n) is 3.07. The third kappa shape index (κ3) is 3.65. The van der Waals surface area contributed by atoms with E-state index in [9.17, 15) is 0 Å². The molecule has 10 heavy (non-hydrogen) atoms. The number of nitrogens with two attached hydrogens (primary N) is 1. The largest absolute Gasteiger partial charge is 0.301 e. The van der Waals surface area contributed by atoms with Crippen LogP contribution in [0.1, 0.15) is 13.8 Å². The lowest BCUT2D eigenvalue weighted by Crippen LogP contribution is -2.20. The van der Waals surface area contributed by atoms with E-state index in [1.54, 1.807) is 11.9 Å². The zero-order chi connectivity index (χ0) is 7.98. The van der Waals surface area contributed by atoms with Gasteiger partial charge in [0.15, 0.2) is 4.32 Å². The van der Waals surface area contributed by atoms with E-state index >= 15 is 0 Å². The van der Waals surface area contributed by atoms with Crippen molar-refractivity contribution in [2.24, 2.45) is 5.14 Å². The van der Waals surface area contributed by atoms with Crippen LogP contribution in [0.15, 0.2) is 0 Å². The van der Waals surface area contributed by atoms with Gasteiger partial charge in [0.2, 0.25) is 0 Å². The summed E-state index contributed by atoms with van der Waals surface area (Å²) >= 11 is 7.82. The van der Waals surface area contributed by atoms with E-state index in [1.807, 2.05) is 4.31 Å². The highest BCUT2D eigenvalue weighted by Gasteiger charge is 2.04. The maximum atomic E-state index is 5.30. The molecule has 0 amide bonds. The molecule has 0 atom stereocenters. The lowest BCUT2D eigenvalue weighted by atomic mass is 10.8. The molecule has 0 aromatic heterocycles. The highest BCUT2D eigenvalue weighted by atomic mass is 32.2. The maximum absolute atomic E-state index is 5.30. The Morgan fingerprint density at radius 3 is 2.50 bits per heavy atom. The maximum Gasteiger partial charge on any atom is 0.161 e. The SMILES string of the molecule is CCSN(CC)C(=S)SN. The van der Waals surface area contributed by atoms with Crippen molar-refractivity contribution < 1.29 is 0 Å². The standard InChI is InChI=1S/C5H12N2S3/c1-3-7(9-4-2)5(8)10-6/h3-4,6H2,1-2H3. The van der Waals surface area contributed by atoms with E-state index in [4.69, 9.17) is 17.4 Å². The minimum atomic E-state index is 0.759. The van der Waals surface area contributed by atoms with Crippen molar-refractivity contribution in [3.05, 3.63) is 0 Å². The van der Waals surface area contributed by atoms with E-state index in [-0.39, 0.29) is 0 Å². The van der Waals surface area contributed by atoms with Crippen LogP contribution in [0.25, 0.3) is 0 Å². The number of thiocarbonyl (C=S) groups is 1. The fourth-order valence-corrected chi connectivity index (χ4v) is 1.91. The molecule has 0 aromatic carbocycles. The first-order valence-corrected chi connectivity index (χ1v) is 5.30. The zero-order valence-corrected chi connectivity index (χ0v) is 8.61. The highest BCUT2D eigenvalue weighted by Crippen LogP contribution is 2.13. The van der Waals surface area contributed by atoms with Gasteiger partial charge in [-0.3, -0.25) is 5.14 Å². The summed E-state index contributed by atoms with van der Waals surface area (Å²) in [7, 11) is 0. The number of nitrogens with zero attached hydrogens (tertiary/aromatic N) is 1. The molecule has 5 heteroatoms. The summed E-state index contributed by atoms with van der Waals surface area (Å²) in [4.78, 5) is 0. The fraction of sp³-hybridized carbons (Fsp3) is 0.800. The normalized spacial score (nSPS) is 9.50. The second-order valence-corrected chi connectivity index (χ2v) is 4.04. The van der Waals surface area contributed by atoms with Crippen molar-refractivity contribution in [1.82, 2.24) is 4.31 Å². The van der Waals surface area contributed by atoms with E-state index in [0.717, 1.165) is 28.6 Å². The monoisotopic (exact) mass is 196 g/mol. The molecule has 0 heterocycles. The van der Waals surface area contributed by atoms with Gasteiger partial charge in [-0.25, -0.2) is 0 Å². The Morgan fingerprint density at radius 1 is 1.60 bits per heavy atom. The Morgan fingerprint density at radius 2 is 2.20 bits per heavy atom. The molecule has 0 saturated carbocycles. The first-order chi connectivity index (χ1) is 4.76. The summed E-state index contributed by atoms with van der Waals surface area (Å²) in [6.07, 6.45) is 0. The van der Waals surface area contributed by atoms with Crippen LogP contribution in [-0.2, 0) is 0 Å². The summed E-state index contributed by atoms with van der Waals surface area (Å²) < 4.78 is 2.77. The summed E-state index contributed by atoms with van der Waals surface area (Å²) in [5.41, 5.74) is 0. The van der Waals surface area contributed by atoms with Gasteiger partial charge in [-0.2, -0.15) is 0 Å². The van der Waals surface area contributed by atoms with Gasteiger partial charge in [0, 0.05) is 12.3 Å². The quantitative estimate of drug-likeness (QED) is 0.550. The Kier molecular flexibility index (Phi) is 6.62. The second-order valence-electron chi connectivity index (χ2n) is 1.50. The van der Waals surface area contributed by atoms with E-state index in [2.05, 4.69) is 13.8 Å². The van der Waals surface area contributed by atoms with E-state index < -0.39 is 0 Å². The number of rotatable bonds is 3. The van der Waals surface area contributed by atoms with Crippen molar-refractivity contribution in [3.8, 4) is 0 Å². The van der Waals surface area contributed by atoms with Gasteiger partial charge in [0.25, 0.3) is 0 Å². The van der Waals surface area contributed by atoms with Crippen LogP contribution < -0.4 is 5.14 Å². The Labute approximate surface area is 76.2 Å². The van der Waals surface area contributed by atoms with Crippen LogP contribution in [0.2, 0.25) is 0 Å². The summed E-state index contributed by atoms with van der Waals surface area (Å²) in [5, 5.41) is 5.30. The Bertz CT molecular complexity index is 107. The molecule has 0 saturated heterocycles. The predicted molar refractivity (Wildman–Crippen MR) is 54.9 cm³/mol. The number of hydrogen-bond donors (Lipinski definition) is 1. The molecular formula is C5H12N2S3. The molecular weight excluding hydrogens is 184 g/mol. The van der Waals surface area contributed by atoms with Gasteiger partial charge in [-0.15, -0.1) is 0 Å². The van der Waals surface area contributed by atoms with Crippen LogP contribution in [0.4, 0.5) is 0 Å². The van der Waals surface area contributed by atoms with Crippen molar-refractivity contribution in [1.29, 1.82) is 0 Å². The third-order valence-electron chi connectivity index (χ3n) is 0.877. The Hall–Kier alpha value is 0.550. The van der Waals surface area contributed by atoms with Crippen molar-refractivity contribution in [2.45, 2.75) is 13.8 Å². The molecule has 60 valence electrons. The van der Waals surface area contributed by atoms with Crippen molar-refractivity contribution in [2.75, 3.05) is 12.3 Å². The van der Waals surface area contributed by atoms with Gasteiger partial charge in [0.05, 0.1) is 0 Å².